The molecule has 13 nitrogen and oxygen atoms in total. The molecule has 0 unspecified atom stereocenters. The van der Waals surface area contributed by atoms with Gasteiger partial charge in [0, 0.05) is 59.0 Å². The number of carboxylic acids is 1. The first kappa shape index (κ1) is 48.0. The second-order valence-corrected chi connectivity index (χ2v) is 19.7. The first-order valence-electron chi connectivity index (χ1n) is 18.8. The number of pyridine rings is 2. The van der Waals surface area contributed by atoms with Gasteiger partial charge in [-0.1, -0.05) is 68.3 Å². The molecule has 4 aromatic heterocycles. The van der Waals surface area contributed by atoms with Crippen molar-refractivity contribution in [1.82, 2.24) is 19.1 Å². The number of nitrogens with one attached hydrogen (secondary N) is 1. The summed E-state index contributed by atoms with van der Waals surface area (Å²) >= 11 is 6.69. The molecule has 0 aliphatic carbocycles. The molecule has 0 aliphatic rings. The molecule has 0 atom stereocenters. The topological polar surface area (TPSA) is 196 Å². The Morgan fingerprint density at radius 1 is 0.631 bits per heavy atom. The van der Waals surface area contributed by atoms with Crippen LogP contribution in [0.3, 0.4) is 0 Å². The summed E-state index contributed by atoms with van der Waals surface area (Å²) in [6, 6.07) is 27.9. The Balaban J connectivity index is 0.000000190. The van der Waals surface area contributed by atoms with E-state index in [1.54, 1.807) is 60.8 Å². The number of benzene rings is 4. The third-order valence-electron chi connectivity index (χ3n) is 9.13. The summed E-state index contributed by atoms with van der Waals surface area (Å²) in [5, 5.41) is 10.6. The van der Waals surface area contributed by atoms with E-state index in [-0.39, 0.29) is 45.6 Å². The number of carboxylic acid groups (broad SMARTS) is 1. The number of fused-ring (bicyclic) bond motifs is 2. The van der Waals surface area contributed by atoms with Crippen LogP contribution in [-0.2, 0) is 42.4 Å². The lowest BCUT2D eigenvalue weighted by Gasteiger charge is -2.06. The van der Waals surface area contributed by atoms with Gasteiger partial charge in [0.1, 0.15) is 40.7 Å². The van der Waals surface area contributed by atoms with Gasteiger partial charge in [-0.2, -0.15) is 0 Å². The van der Waals surface area contributed by atoms with Gasteiger partial charge in [-0.15, -0.1) is 0 Å². The van der Waals surface area contributed by atoms with Crippen molar-refractivity contribution in [3.05, 3.63) is 177 Å². The molecule has 4 heterocycles. The molecule has 0 saturated heterocycles. The molecule has 0 saturated carbocycles. The third-order valence-corrected chi connectivity index (χ3v) is 13.4. The Morgan fingerprint density at radius 2 is 1.11 bits per heavy atom. The summed E-state index contributed by atoms with van der Waals surface area (Å²) in [7, 11) is -8.55. The molecule has 0 aliphatic heterocycles. The fourth-order valence-electron chi connectivity index (χ4n) is 6.49. The molecule has 4 aromatic carbocycles. The highest BCUT2D eigenvalue weighted by Crippen LogP contribution is 2.32. The quantitative estimate of drug-likeness (QED) is 0.105. The van der Waals surface area contributed by atoms with Gasteiger partial charge in [0.15, 0.2) is 25.4 Å². The highest BCUT2D eigenvalue weighted by atomic mass is 79.9. The monoisotopic (exact) mass is 1060 g/mol. The van der Waals surface area contributed by atoms with Crippen molar-refractivity contribution in [2.24, 2.45) is 0 Å². The van der Waals surface area contributed by atoms with Crippen LogP contribution >= 0.6 is 31.9 Å². The van der Waals surface area contributed by atoms with E-state index < -0.39 is 71.2 Å². The molecule has 65 heavy (non-hydrogen) atoms. The molecule has 0 spiro atoms. The molecule has 0 bridgehead atoms. The van der Waals surface area contributed by atoms with Crippen molar-refractivity contribution < 1.29 is 49.1 Å². The van der Waals surface area contributed by atoms with Crippen LogP contribution in [0, 0.1) is 23.3 Å². The zero-order chi connectivity index (χ0) is 47.1. The molecular weight excluding hydrogens is 1020 g/mol. The fourth-order valence-corrected chi connectivity index (χ4v) is 10.0. The SMILES string of the molecule is Nc1ccccn1.O=C(CS(=O)(=O)c1cn(Cc2cccc(Br)c2)c2cc(F)cc(F)c12)Nc1ccccn1.O=C(O)CS(=O)(=O)c1cn(Cc2cccc(Br)c2)c2cc(F)cc(F)c12. The summed E-state index contributed by atoms with van der Waals surface area (Å²) in [4.78, 5) is 30.0. The average molecular weight is 1060 g/mol. The zero-order valence-corrected chi connectivity index (χ0v) is 38.2. The van der Waals surface area contributed by atoms with Gasteiger partial charge in [0.05, 0.1) is 31.6 Å². The number of sulfone groups is 2. The van der Waals surface area contributed by atoms with E-state index in [0.717, 1.165) is 38.4 Å². The summed E-state index contributed by atoms with van der Waals surface area (Å²) in [5.41, 5.74) is 6.91. The molecule has 1 amide bonds. The van der Waals surface area contributed by atoms with Crippen molar-refractivity contribution in [2.45, 2.75) is 22.9 Å². The van der Waals surface area contributed by atoms with Gasteiger partial charge in [0.25, 0.3) is 0 Å². The first-order valence-corrected chi connectivity index (χ1v) is 23.7. The minimum atomic E-state index is -4.29. The zero-order valence-electron chi connectivity index (χ0n) is 33.4. The Bertz CT molecular complexity index is 3270. The molecule has 8 aromatic rings. The Kier molecular flexibility index (Phi) is 15.2. The second-order valence-electron chi connectivity index (χ2n) is 14.0. The minimum absolute atomic E-state index is 0.0337. The standard InChI is InChI=1S/C22H16BrF2N3O3S.C17H12BrF2NO4S.C5H6N2/c23-15-5-3-4-14(8-15)11-28-12-19(22-17(25)9-16(24)10-18(22)28)32(30,31)13-21(29)27-20-6-1-2-7-26-20;18-11-3-1-2-10(4-11)7-21-8-15(26(24,25)9-16(22)23)17-13(20)5-12(19)6-14(17)21;6-5-3-1-2-4-7-5/h1-10,12H,11,13H2,(H,26,27,29);1-6,8H,7,9H2,(H,22,23);1-4H,(H2,6,7). The molecule has 8 rings (SSSR count). The Morgan fingerprint density at radius 3 is 1.51 bits per heavy atom. The minimum Gasteiger partial charge on any atom is -0.480 e. The number of hydrogen-bond donors (Lipinski definition) is 3. The number of carbonyl (C=O) groups excluding carboxylic acids is 1. The van der Waals surface area contributed by atoms with E-state index in [9.17, 15) is 44.0 Å². The van der Waals surface area contributed by atoms with Gasteiger partial charge >= 0.3 is 5.97 Å². The van der Waals surface area contributed by atoms with Crippen LogP contribution in [0.5, 0.6) is 0 Å². The molecule has 0 fully saturated rings. The van der Waals surface area contributed by atoms with E-state index in [1.807, 2.05) is 24.3 Å². The van der Waals surface area contributed by atoms with Crippen molar-refractivity contribution in [3.63, 3.8) is 0 Å². The largest absolute Gasteiger partial charge is 0.480 e. The van der Waals surface area contributed by atoms with Crippen LogP contribution in [0.15, 0.2) is 153 Å². The number of nitrogens with zero attached hydrogens (tertiary/aromatic N) is 4. The average Bonchev–Trinajstić information content (AvgIpc) is 3.78. The number of rotatable bonds is 11. The number of nitrogen functional groups attached to an aromatic ring is 1. The highest BCUT2D eigenvalue weighted by molar-refractivity contribution is 9.10. The maximum Gasteiger partial charge on any atom is 0.319 e. The van der Waals surface area contributed by atoms with Crippen LogP contribution in [0.25, 0.3) is 21.8 Å². The van der Waals surface area contributed by atoms with E-state index >= 15 is 0 Å². The van der Waals surface area contributed by atoms with Gasteiger partial charge in [-0.3, -0.25) is 9.59 Å². The third kappa shape index (κ3) is 12.4. The van der Waals surface area contributed by atoms with Crippen molar-refractivity contribution in [1.29, 1.82) is 0 Å². The Hall–Kier alpha value is -6.42. The lowest BCUT2D eigenvalue weighted by atomic mass is 10.2. The molecule has 4 N–H and O–H groups in total. The van der Waals surface area contributed by atoms with Crippen molar-refractivity contribution in [3.8, 4) is 0 Å². The van der Waals surface area contributed by atoms with Crippen LogP contribution in [-0.4, -0.2) is 64.4 Å². The van der Waals surface area contributed by atoms with E-state index in [4.69, 9.17) is 10.8 Å². The van der Waals surface area contributed by atoms with E-state index in [1.165, 1.54) is 27.6 Å². The summed E-state index contributed by atoms with van der Waals surface area (Å²) in [5.74, 6) is -7.48. The number of aliphatic carboxylic acids is 1. The van der Waals surface area contributed by atoms with Gasteiger partial charge < -0.3 is 25.3 Å². The van der Waals surface area contributed by atoms with E-state index in [2.05, 4.69) is 47.1 Å². The number of amides is 1. The van der Waals surface area contributed by atoms with Gasteiger partial charge in [-0.25, -0.2) is 44.4 Å². The highest BCUT2D eigenvalue weighted by Gasteiger charge is 2.28. The first-order chi connectivity index (χ1) is 30.8. The molecule has 336 valence electrons. The van der Waals surface area contributed by atoms with Crippen LogP contribution in [0.2, 0.25) is 0 Å². The van der Waals surface area contributed by atoms with Crippen molar-refractivity contribution >= 4 is 96.9 Å². The number of hydrogen-bond acceptors (Lipinski definition) is 9. The predicted molar refractivity (Wildman–Crippen MR) is 243 cm³/mol. The van der Waals surface area contributed by atoms with Crippen molar-refractivity contribution in [2.75, 3.05) is 22.6 Å². The summed E-state index contributed by atoms with van der Waals surface area (Å²) in [6.07, 6.45) is 5.49. The number of aromatic nitrogens is 4. The molecule has 21 heteroatoms. The number of halogens is 6. The smallest absolute Gasteiger partial charge is 0.319 e. The van der Waals surface area contributed by atoms with Crippen LogP contribution in [0.4, 0.5) is 29.2 Å². The lowest BCUT2D eigenvalue weighted by Crippen LogP contribution is -2.23. The predicted octanol–water partition coefficient (Wildman–Crippen LogP) is 8.79. The van der Waals surface area contributed by atoms with Gasteiger partial charge in [0.2, 0.25) is 5.91 Å². The van der Waals surface area contributed by atoms with Crippen LogP contribution < -0.4 is 11.1 Å². The maximum atomic E-state index is 14.7. The normalized spacial score (nSPS) is 11.4. The number of carbonyl (C=O) groups is 2. The lowest BCUT2D eigenvalue weighted by molar-refractivity contribution is -0.134. The maximum absolute atomic E-state index is 14.7. The second kappa shape index (κ2) is 20.6. The molecule has 0 radical (unpaired) electrons. The van der Waals surface area contributed by atoms with Gasteiger partial charge in [-0.05, 0) is 71.8 Å². The molecular formula is C44H34Br2F4N6O7S2. The summed E-state index contributed by atoms with van der Waals surface area (Å²) in [6.45, 7) is 0.329. The number of nitrogens with two attached hydrogens (primary N) is 1. The fraction of sp³-hybridized carbons (Fsp3) is 0.0909. The summed E-state index contributed by atoms with van der Waals surface area (Å²) < 4.78 is 112. The van der Waals surface area contributed by atoms with Crippen LogP contribution in [0.1, 0.15) is 11.1 Å². The van der Waals surface area contributed by atoms with E-state index in [0.29, 0.717) is 18.0 Å². The number of anilines is 2. The Labute approximate surface area is 385 Å².